The minimum atomic E-state index is -4.27. The van der Waals surface area contributed by atoms with Crippen molar-refractivity contribution in [3.05, 3.63) is 24.0 Å². The summed E-state index contributed by atoms with van der Waals surface area (Å²) in [5, 5.41) is 8.15. The summed E-state index contributed by atoms with van der Waals surface area (Å²) in [5.41, 5.74) is 0.688. The first-order chi connectivity index (χ1) is 13.3. The van der Waals surface area contributed by atoms with E-state index in [9.17, 15) is 17.4 Å². The number of hydrogen-bond donors (Lipinski definition) is 0. The summed E-state index contributed by atoms with van der Waals surface area (Å²) in [4.78, 5) is 5.97. The molecule has 29 heavy (non-hydrogen) atoms. The van der Waals surface area contributed by atoms with Crippen LogP contribution in [0.2, 0.25) is 0 Å². The number of nitrogens with zero attached hydrogens (tertiary/aromatic N) is 6. The van der Waals surface area contributed by atoms with Gasteiger partial charge in [0, 0.05) is 30.3 Å². The molecule has 1 unspecified atom stereocenters. The van der Waals surface area contributed by atoms with E-state index >= 15 is 0 Å². The second-order valence-electron chi connectivity index (χ2n) is 5.31. The fraction of sp³-hybridized carbons (Fsp3) is 0.467. The molecule has 0 aliphatic carbocycles. The Kier molecular flexibility index (Phi) is 10.1. The average Bonchev–Trinajstić information content (AvgIpc) is 3.06. The van der Waals surface area contributed by atoms with E-state index in [4.69, 9.17) is 0 Å². The van der Waals surface area contributed by atoms with Gasteiger partial charge in [-0.05, 0) is 39.0 Å². The topological polar surface area (TPSA) is 92.4 Å². The number of halogens is 3. The normalized spacial score (nSPS) is 13.3. The van der Waals surface area contributed by atoms with E-state index in [0.717, 1.165) is 11.5 Å². The van der Waals surface area contributed by atoms with Crippen LogP contribution in [0.1, 0.15) is 19.7 Å². The van der Waals surface area contributed by atoms with Crippen LogP contribution >= 0.6 is 11.5 Å². The van der Waals surface area contributed by atoms with Gasteiger partial charge in [-0.15, -0.1) is 10.2 Å². The summed E-state index contributed by atoms with van der Waals surface area (Å²) < 4.78 is 61.9. The van der Waals surface area contributed by atoms with Gasteiger partial charge in [-0.3, -0.25) is 0 Å². The van der Waals surface area contributed by atoms with Gasteiger partial charge in [0.05, 0.1) is 0 Å². The number of hydrogen-bond acceptors (Lipinski definition) is 9. The molecule has 2 aromatic rings. The van der Waals surface area contributed by atoms with Crippen molar-refractivity contribution in [2.24, 2.45) is 14.6 Å². The van der Waals surface area contributed by atoms with Crippen LogP contribution in [0.3, 0.4) is 0 Å². The number of aryl methyl sites for hydroxylation is 1. The molecule has 14 heteroatoms. The van der Waals surface area contributed by atoms with Crippen molar-refractivity contribution in [2.45, 2.75) is 27.4 Å². The maximum atomic E-state index is 13.2. The molecule has 1 aromatic heterocycles. The molecule has 0 spiro atoms. The Labute approximate surface area is 181 Å². The zero-order valence-electron chi connectivity index (χ0n) is 15.7. The van der Waals surface area contributed by atoms with E-state index in [-0.39, 0.29) is 33.0 Å². The van der Waals surface area contributed by atoms with Crippen LogP contribution in [0.4, 0.5) is 35.4 Å². The first-order valence-electron chi connectivity index (χ1n) is 8.18. The fourth-order valence-corrected chi connectivity index (χ4v) is 3.53. The molecule has 0 saturated carbocycles. The van der Waals surface area contributed by atoms with Gasteiger partial charge >= 0.3 is 23.1 Å². The molecule has 0 amide bonds. The second-order valence-corrected chi connectivity index (χ2v) is 7.80. The van der Waals surface area contributed by atoms with Crippen molar-refractivity contribution in [2.75, 3.05) is 24.0 Å². The van der Waals surface area contributed by atoms with Gasteiger partial charge in [-0.1, -0.05) is 0 Å². The van der Waals surface area contributed by atoms with E-state index < -0.39 is 22.6 Å². The van der Waals surface area contributed by atoms with Gasteiger partial charge in [0.1, 0.15) is 17.2 Å². The van der Waals surface area contributed by atoms with Gasteiger partial charge in [-0.2, -0.15) is 17.5 Å². The SMILES string of the molecule is CCN(CC)c1ccc(N=Nc2nc(C)ns2)c(N=S(=O)(CF)OC(F)F)c1.[Ni+2]. The quantitative estimate of drug-likeness (QED) is 0.349. The molecule has 0 bridgehead atoms. The third kappa shape index (κ3) is 7.29. The number of benzene rings is 1. The van der Waals surface area contributed by atoms with E-state index in [1.165, 1.54) is 12.1 Å². The predicted octanol–water partition coefficient (Wildman–Crippen LogP) is 5.29. The van der Waals surface area contributed by atoms with E-state index in [2.05, 4.69) is 28.1 Å². The predicted molar refractivity (Wildman–Crippen MR) is 102 cm³/mol. The molecule has 0 saturated heterocycles. The minimum absolute atomic E-state index is 0. The molecule has 0 aliphatic heterocycles. The van der Waals surface area contributed by atoms with Gasteiger partial charge < -0.3 is 4.90 Å². The van der Waals surface area contributed by atoms with Crippen LogP contribution in [0.5, 0.6) is 0 Å². The third-order valence-corrected chi connectivity index (χ3v) is 5.33. The maximum absolute atomic E-state index is 13.2. The van der Waals surface area contributed by atoms with Crippen LogP contribution < -0.4 is 4.90 Å². The molecule has 0 aliphatic rings. The summed E-state index contributed by atoms with van der Waals surface area (Å²) in [5.74, 6) is 0.520. The Bertz CT molecular complexity index is 946. The summed E-state index contributed by atoms with van der Waals surface area (Å²) in [6.07, 6.45) is 0. The largest absolute Gasteiger partial charge is 2.00 e. The Morgan fingerprint density at radius 2 is 1.93 bits per heavy atom. The van der Waals surface area contributed by atoms with E-state index in [1.807, 2.05) is 18.7 Å². The number of azo groups is 1. The third-order valence-electron chi connectivity index (χ3n) is 3.45. The van der Waals surface area contributed by atoms with Crippen molar-refractivity contribution in [1.29, 1.82) is 0 Å². The molecule has 0 N–H and O–H groups in total. The molecule has 1 atom stereocenters. The Balaban J connectivity index is 0.00000420. The average molecular weight is 495 g/mol. The molecular weight excluding hydrogens is 476 g/mol. The van der Waals surface area contributed by atoms with Crippen molar-refractivity contribution in [3.8, 4) is 0 Å². The Morgan fingerprint density at radius 1 is 1.24 bits per heavy atom. The molecule has 162 valence electrons. The minimum Gasteiger partial charge on any atom is -0.372 e. The Morgan fingerprint density at radius 3 is 2.45 bits per heavy atom. The van der Waals surface area contributed by atoms with Crippen LogP contribution in [0.15, 0.2) is 32.8 Å². The van der Waals surface area contributed by atoms with Crippen LogP contribution in [0.25, 0.3) is 0 Å². The molecule has 0 fully saturated rings. The molecule has 0 radical (unpaired) electrons. The molecule has 1 heterocycles. The Hall–Kier alpha value is -1.63. The first kappa shape index (κ1) is 25.4. The maximum Gasteiger partial charge on any atom is 2.00 e. The first-order valence-corrected chi connectivity index (χ1v) is 10.6. The van der Waals surface area contributed by atoms with Crippen molar-refractivity contribution >= 4 is 43.7 Å². The van der Waals surface area contributed by atoms with E-state index in [1.54, 1.807) is 13.0 Å². The standard InChI is InChI=1S/C15H19F3N6O2S2.Ni/c1-4-24(5-2)11-6-7-12(20-21-15-19-10(3)22-27-15)13(8-11)23-28(25,9-16)26-14(17)18;/h6-8,14H,4-5,9H2,1-3H3;/q;+2. The number of alkyl halides is 3. The molecule has 8 nitrogen and oxygen atoms in total. The zero-order valence-corrected chi connectivity index (χ0v) is 18.3. The number of rotatable bonds is 9. The summed E-state index contributed by atoms with van der Waals surface area (Å²) >= 11 is 1.02. The zero-order chi connectivity index (χ0) is 20.7. The molecule has 1 aromatic carbocycles. The van der Waals surface area contributed by atoms with Crippen molar-refractivity contribution < 1.29 is 38.1 Å². The van der Waals surface area contributed by atoms with Crippen molar-refractivity contribution in [1.82, 2.24) is 9.36 Å². The number of aromatic nitrogens is 2. The fourth-order valence-electron chi connectivity index (χ4n) is 2.21. The van der Waals surface area contributed by atoms with Crippen LogP contribution in [-0.4, -0.2) is 39.3 Å². The van der Waals surface area contributed by atoms with E-state index in [0.29, 0.717) is 24.6 Å². The monoisotopic (exact) mass is 494 g/mol. The number of anilines is 1. The van der Waals surface area contributed by atoms with Crippen LogP contribution in [-0.2, 0) is 30.7 Å². The van der Waals surface area contributed by atoms with Gasteiger partial charge in [-0.25, -0.2) is 17.8 Å². The van der Waals surface area contributed by atoms with Crippen LogP contribution in [0, 0.1) is 6.92 Å². The van der Waals surface area contributed by atoms with Gasteiger partial charge in [0.15, 0.2) is 6.01 Å². The summed E-state index contributed by atoms with van der Waals surface area (Å²) in [6.45, 7) is 3.42. The van der Waals surface area contributed by atoms with Gasteiger partial charge in [0.2, 0.25) is 15.1 Å². The summed E-state index contributed by atoms with van der Waals surface area (Å²) in [7, 11) is -4.27. The van der Waals surface area contributed by atoms with Crippen molar-refractivity contribution in [3.63, 3.8) is 0 Å². The second kappa shape index (κ2) is 11.5. The molecular formula is C15H19F3N6NiO2S2+2. The summed E-state index contributed by atoms with van der Waals surface area (Å²) in [6, 6.07) is 3.01. The molecule has 2 rings (SSSR count). The van der Waals surface area contributed by atoms with Gasteiger partial charge in [0.25, 0.3) is 0 Å². The smallest absolute Gasteiger partial charge is 0.372 e.